The molecular weight excluding hydrogens is 266 g/mol. The van der Waals surface area contributed by atoms with E-state index in [4.69, 9.17) is 0 Å². The summed E-state index contributed by atoms with van der Waals surface area (Å²) in [5.74, 6) is 1.48. The summed E-state index contributed by atoms with van der Waals surface area (Å²) in [5.41, 5.74) is 1.57. The minimum atomic E-state index is 0.391. The van der Waals surface area contributed by atoms with Crippen molar-refractivity contribution in [3.63, 3.8) is 0 Å². The molecule has 3 heterocycles. The molecule has 4 N–H and O–H groups in total. The third-order valence-corrected chi connectivity index (χ3v) is 4.01. The first kappa shape index (κ1) is 14.1. The van der Waals surface area contributed by atoms with Gasteiger partial charge in [-0.2, -0.15) is 9.97 Å². The van der Waals surface area contributed by atoms with E-state index in [1.165, 1.54) is 0 Å². The molecule has 0 saturated carbocycles. The van der Waals surface area contributed by atoms with E-state index in [0.717, 1.165) is 43.7 Å². The Kier molecular flexibility index (Phi) is 4.19. The Bertz CT molecular complexity index is 584. The van der Waals surface area contributed by atoms with E-state index >= 15 is 0 Å². The van der Waals surface area contributed by atoms with Crippen LogP contribution in [0.25, 0.3) is 11.2 Å². The summed E-state index contributed by atoms with van der Waals surface area (Å²) in [5, 5.41) is 10.2. The van der Waals surface area contributed by atoms with Crippen LogP contribution in [0.15, 0.2) is 6.33 Å². The fourth-order valence-electron chi connectivity index (χ4n) is 2.65. The number of nitrogens with one attached hydrogen (secondary N) is 4. The van der Waals surface area contributed by atoms with E-state index in [2.05, 4.69) is 49.7 Å². The van der Waals surface area contributed by atoms with Crippen molar-refractivity contribution in [1.29, 1.82) is 0 Å². The van der Waals surface area contributed by atoms with Crippen molar-refractivity contribution in [3.8, 4) is 0 Å². The average molecular weight is 289 g/mol. The summed E-state index contributed by atoms with van der Waals surface area (Å²) in [6.07, 6.45) is 4.88. The van der Waals surface area contributed by atoms with Gasteiger partial charge in [-0.3, -0.25) is 0 Å². The van der Waals surface area contributed by atoms with Crippen molar-refractivity contribution in [2.24, 2.45) is 0 Å². The highest BCUT2D eigenvalue weighted by Crippen LogP contribution is 2.21. The van der Waals surface area contributed by atoms with Gasteiger partial charge in [0.2, 0.25) is 5.95 Å². The summed E-state index contributed by atoms with van der Waals surface area (Å²) in [6, 6.07) is 0.801. The molecule has 2 aromatic rings. The van der Waals surface area contributed by atoms with Crippen LogP contribution in [-0.2, 0) is 0 Å². The Morgan fingerprint density at radius 3 is 2.90 bits per heavy atom. The van der Waals surface area contributed by atoms with E-state index in [9.17, 15) is 0 Å². The summed E-state index contributed by atoms with van der Waals surface area (Å²) >= 11 is 0. The van der Waals surface area contributed by atoms with Crippen molar-refractivity contribution < 1.29 is 0 Å². The van der Waals surface area contributed by atoms with Gasteiger partial charge in [-0.05, 0) is 25.8 Å². The van der Waals surface area contributed by atoms with Crippen LogP contribution in [0.4, 0.5) is 11.8 Å². The van der Waals surface area contributed by atoms with Crippen molar-refractivity contribution in [2.75, 3.05) is 23.7 Å². The largest absolute Gasteiger partial charge is 0.365 e. The number of hydrogen-bond donors (Lipinski definition) is 4. The number of rotatable bonds is 6. The first-order chi connectivity index (χ1) is 10.3. The molecule has 7 nitrogen and oxygen atoms in total. The molecule has 0 spiro atoms. The van der Waals surface area contributed by atoms with Crippen LogP contribution in [0.1, 0.15) is 33.1 Å². The first-order valence-corrected chi connectivity index (χ1v) is 7.75. The standard InChI is InChI=1S/C14H23N7/c1-3-9(4-2)18-13-11-12(17-8-16-11)20-14(21-13)19-10-5-6-15-7-10/h8-10,15H,3-7H2,1-2H3,(H3,16,17,18,19,20,21)/t10-/m1/s1. The van der Waals surface area contributed by atoms with E-state index < -0.39 is 0 Å². The SMILES string of the molecule is CCC(CC)Nc1nc(N[C@@H]2CCNC2)nc2nc[nH]c12. The first-order valence-electron chi connectivity index (χ1n) is 7.75. The molecule has 0 radical (unpaired) electrons. The summed E-state index contributed by atoms with van der Waals surface area (Å²) in [6.45, 7) is 6.35. The van der Waals surface area contributed by atoms with Crippen LogP contribution in [-0.4, -0.2) is 45.1 Å². The molecule has 1 saturated heterocycles. The Labute approximate surface area is 124 Å². The van der Waals surface area contributed by atoms with Crippen LogP contribution < -0.4 is 16.0 Å². The molecule has 1 fully saturated rings. The number of imidazole rings is 1. The van der Waals surface area contributed by atoms with Gasteiger partial charge in [-0.25, -0.2) is 4.98 Å². The van der Waals surface area contributed by atoms with Gasteiger partial charge < -0.3 is 20.9 Å². The molecule has 0 unspecified atom stereocenters. The van der Waals surface area contributed by atoms with E-state index in [1.54, 1.807) is 6.33 Å². The van der Waals surface area contributed by atoms with Crippen molar-refractivity contribution in [3.05, 3.63) is 6.33 Å². The van der Waals surface area contributed by atoms with Gasteiger partial charge in [0, 0.05) is 18.6 Å². The molecule has 21 heavy (non-hydrogen) atoms. The Hall–Kier alpha value is -1.89. The third-order valence-electron chi connectivity index (χ3n) is 4.01. The second-order valence-electron chi connectivity index (χ2n) is 5.49. The number of aromatic nitrogens is 4. The Morgan fingerprint density at radius 1 is 1.33 bits per heavy atom. The number of nitrogens with zero attached hydrogens (tertiary/aromatic N) is 3. The van der Waals surface area contributed by atoms with E-state index in [0.29, 0.717) is 23.7 Å². The molecular formula is C14H23N7. The maximum Gasteiger partial charge on any atom is 0.227 e. The van der Waals surface area contributed by atoms with Gasteiger partial charge in [0.1, 0.15) is 5.52 Å². The van der Waals surface area contributed by atoms with Crippen LogP contribution in [0, 0.1) is 0 Å². The zero-order valence-corrected chi connectivity index (χ0v) is 12.6. The minimum absolute atomic E-state index is 0.391. The topological polar surface area (TPSA) is 90.6 Å². The predicted octanol–water partition coefficient (Wildman–Crippen LogP) is 1.73. The smallest absolute Gasteiger partial charge is 0.227 e. The number of H-pyrrole nitrogens is 1. The minimum Gasteiger partial charge on any atom is -0.365 e. The van der Waals surface area contributed by atoms with Gasteiger partial charge in [-0.15, -0.1) is 0 Å². The molecule has 1 aliphatic heterocycles. The molecule has 1 atom stereocenters. The van der Waals surface area contributed by atoms with Crippen molar-refractivity contribution >= 4 is 22.9 Å². The number of fused-ring (bicyclic) bond motifs is 1. The van der Waals surface area contributed by atoms with Crippen LogP contribution in [0.5, 0.6) is 0 Å². The number of hydrogen-bond acceptors (Lipinski definition) is 6. The lowest BCUT2D eigenvalue weighted by Crippen LogP contribution is -2.24. The molecule has 2 aromatic heterocycles. The highest BCUT2D eigenvalue weighted by atomic mass is 15.2. The Balaban J connectivity index is 1.87. The van der Waals surface area contributed by atoms with Gasteiger partial charge >= 0.3 is 0 Å². The third kappa shape index (κ3) is 3.07. The number of aromatic amines is 1. The van der Waals surface area contributed by atoms with E-state index in [-0.39, 0.29) is 0 Å². The van der Waals surface area contributed by atoms with Crippen LogP contribution in [0.3, 0.4) is 0 Å². The van der Waals surface area contributed by atoms with Crippen LogP contribution >= 0.6 is 0 Å². The summed E-state index contributed by atoms with van der Waals surface area (Å²) in [4.78, 5) is 16.5. The molecule has 3 rings (SSSR count). The second-order valence-corrected chi connectivity index (χ2v) is 5.49. The Morgan fingerprint density at radius 2 is 2.19 bits per heavy atom. The highest BCUT2D eigenvalue weighted by Gasteiger charge is 2.17. The van der Waals surface area contributed by atoms with Gasteiger partial charge in [0.05, 0.1) is 6.33 Å². The lowest BCUT2D eigenvalue weighted by atomic mass is 10.2. The zero-order chi connectivity index (χ0) is 14.7. The van der Waals surface area contributed by atoms with Crippen molar-refractivity contribution in [1.82, 2.24) is 25.3 Å². The predicted molar refractivity (Wildman–Crippen MR) is 84.6 cm³/mol. The lowest BCUT2D eigenvalue weighted by molar-refractivity contribution is 0.669. The second kappa shape index (κ2) is 6.26. The van der Waals surface area contributed by atoms with Crippen molar-refractivity contribution in [2.45, 2.75) is 45.2 Å². The normalized spacial score (nSPS) is 18.5. The molecule has 0 aromatic carbocycles. The molecule has 0 amide bonds. The summed E-state index contributed by atoms with van der Waals surface area (Å²) in [7, 11) is 0. The summed E-state index contributed by atoms with van der Waals surface area (Å²) < 4.78 is 0. The number of anilines is 2. The molecule has 114 valence electrons. The highest BCUT2D eigenvalue weighted by molar-refractivity contribution is 5.83. The molecule has 0 aliphatic carbocycles. The maximum atomic E-state index is 4.64. The fourth-order valence-corrected chi connectivity index (χ4v) is 2.65. The van der Waals surface area contributed by atoms with Gasteiger partial charge in [0.15, 0.2) is 11.5 Å². The van der Waals surface area contributed by atoms with Crippen LogP contribution in [0.2, 0.25) is 0 Å². The molecule has 1 aliphatic rings. The van der Waals surface area contributed by atoms with Gasteiger partial charge in [0.25, 0.3) is 0 Å². The lowest BCUT2D eigenvalue weighted by Gasteiger charge is -2.17. The van der Waals surface area contributed by atoms with E-state index in [1.807, 2.05) is 0 Å². The molecule has 7 heteroatoms. The maximum absolute atomic E-state index is 4.64. The fraction of sp³-hybridized carbons (Fsp3) is 0.643. The quantitative estimate of drug-likeness (QED) is 0.647. The van der Waals surface area contributed by atoms with Gasteiger partial charge in [-0.1, -0.05) is 13.8 Å². The molecule has 0 bridgehead atoms. The average Bonchev–Trinajstić information content (AvgIpc) is 3.15. The zero-order valence-electron chi connectivity index (χ0n) is 12.6. The monoisotopic (exact) mass is 289 g/mol.